The zero-order chi connectivity index (χ0) is 6.41. The first kappa shape index (κ1) is 7.39. The Hall–Kier alpha value is -0.610. The Morgan fingerprint density at radius 2 is 2.50 bits per heavy atom. The fourth-order valence-corrected chi connectivity index (χ4v) is 0.356. The first-order valence-corrected chi connectivity index (χ1v) is 2.44. The van der Waals surface area contributed by atoms with Crippen LogP contribution in [0.5, 0.6) is 0 Å². The lowest BCUT2D eigenvalue weighted by Gasteiger charge is -2.12. The second kappa shape index (κ2) is 4.55. The highest BCUT2D eigenvalue weighted by Gasteiger charge is 1.90. The molecule has 0 spiro atoms. The van der Waals surface area contributed by atoms with Crippen molar-refractivity contribution in [2.75, 3.05) is 20.1 Å². The van der Waals surface area contributed by atoms with Crippen molar-refractivity contribution >= 4 is 6.41 Å². The van der Waals surface area contributed by atoms with Crippen LogP contribution in [-0.4, -0.2) is 31.6 Å². The third-order valence-corrected chi connectivity index (χ3v) is 0.784. The molecule has 0 aromatic heterocycles. The molecule has 0 radical (unpaired) electrons. The summed E-state index contributed by atoms with van der Waals surface area (Å²) in [6, 6.07) is 0. The van der Waals surface area contributed by atoms with Gasteiger partial charge in [0.1, 0.15) is 0 Å². The lowest BCUT2D eigenvalue weighted by atomic mass is 10.6. The summed E-state index contributed by atoms with van der Waals surface area (Å²) in [7, 11) is 1.67. The van der Waals surface area contributed by atoms with Gasteiger partial charge in [-0.3, -0.25) is 9.80 Å². The Morgan fingerprint density at radius 3 is 2.62 bits per heavy atom. The van der Waals surface area contributed by atoms with Crippen LogP contribution in [0.2, 0.25) is 0 Å². The van der Waals surface area contributed by atoms with Gasteiger partial charge >= 0.3 is 0 Å². The number of nitrogens with one attached hydrogen (secondary N) is 1. The van der Waals surface area contributed by atoms with Gasteiger partial charge in [0.2, 0.25) is 6.41 Å². The highest BCUT2D eigenvalue weighted by molar-refractivity contribution is 5.45. The summed E-state index contributed by atoms with van der Waals surface area (Å²) in [5.41, 5.74) is 7.78. The largest absolute Gasteiger partial charge is 0.329 e. The molecule has 4 heteroatoms. The van der Waals surface area contributed by atoms with Gasteiger partial charge in [0.15, 0.2) is 0 Å². The standard InChI is InChI=1S/C4H11N3O/c1-6-7(4-8)3-2-5/h4,6H,2-3,5H2,1H3. The van der Waals surface area contributed by atoms with Crippen LogP contribution in [0.15, 0.2) is 0 Å². The third kappa shape index (κ3) is 2.54. The summed E-state index contributed by atoms with van der Waals surface area (Å²) in [5.74, 6) is 0. The highest BCUT2D eigenvalue weighted by atomic mass is 16.1. The number of carbonyl (C=O) groups is 1. The molecule has 0 aliphatic heterocycles. The van der Waals surface area contributed by atoms with Crippen LogP contribution >= 0.6 is 0 Å². The van der Waals surface area contributed by atoms with E-state index in [4.69, 9.17) is 5.73 Å². The Labute approximate surface area is 48.6 Å². The number of nitrogens with two attached hydrogens (primary N) is 1. The highest BCUT2D eigenvalue weighted by Crippen LogP contribution is 1.67. The zero-order valence-corrected chi connectivity index (χ0v) is 4.92. The second-order valence-electron chi connectivity index (χ2n) is 1.31. The Balaban J connectivity index is 3.21. The maximum absolute atomic E-state index is 9.93. The third-order valence-electron chi connectivity index (χ3n) is 0.784. The van der Waals surface area contributed by atoms with Crippen molar-refractivity contribution < 1.29 is 4.79 Å². The molecular weight excluding hydrogens is 106 g/mol. The van der Waals surface area contributed by atoms with Gasteiger partial charge in [-0.2, -0.15) is 0 Å². The average molecular weight is 117 g/mol. The van der Waals surface area contributed by atoms with Gasteiger partial charge in [0.05, 0.1) is 0 Å². The maximum atomic E-state index is 9.93. The molecule has 0 rings (SSSR count). The quantitative estimate of drug-likeness (QED) is 0.349. The molecule has 0 fully saturated rings. The molecular formula is C4H11N3O. The van der Waals surface area contributed by atoms with Crippen LogP contribution in [-0.2, 0) is 4.79 Å². The van der Waals surface area contributed by atoms with Crippen LogP contribution in [0, 0.1) is 0 Å². The van der Waals surface area contributed by atoms with Crippen molar-refractivity contribution in [1.82, 2.24) is 10.4 Å². The molecule has 0 aromatic rings. The number of hydrazine groups is 1. The molecule has 0 heterocycles. The molecule has 0 aliphatic carbocycles. The summed E-state index contributed by atoms with van der Waals surface area (Å²) in [4.78, 5) is 9.93. The molecule has 8 heavy (non-hydrogen) atoms. The Bertz CT molecular complexity index is 66.3. The summed E-state index contributed by atoms with van der Waals surface area (Å²) in [6.45, 7) is 1.04. The SMILES string of the molecule is CNN(C=O)CCN. The van der Waals surface area contributed by atoms with Crippen molar-refractivity contribution in [3.05, 3.63) is 0 Å². The zero-order valence-electron chi connectivity index (χ0n) is 4.92. The van der Waals surface area contributed by atoms with Crippen LogP contribution in [0.4, 0.5) is 0 Å². The first-order valence-electron chi connectivity index (χ1n) is 2.44. The number of amides is 1. The topological polar surface area (TPSA) is 58.4 Å². The van der Waals surface area contributed by atoms with Crippen molar-refractivity contribution in [3.8, 4) is 0 Å². The van der Waals surface area contributed by atoms with E-state index in [-0.39, 0.29) is 0 Å². The fraction of sp³-hybridized carbons (Fsp3) is 0.750. The molecule has 4 nitrogen and oxygen atoms in total. The van der Waals surface area contributed by atoms with E-state index in [1.54, 1.807) is 7.05 Å². The van der Waals surface area contributed by atoms with E-state index >= 15 is 0 Å². The molecule has 3 N–H and O–H groups in total. The van der Waals surface area contributed by atoms with E-state index in [0.29, 0.717) is 19.5 Å². The van der Waals surface area contributed by atoms with Crippen LogP contribution in [0.1, 0.15) is 0 Å². The van der Waals surface area contributed by atoms with Crippen LogP contribution in [0.3, 0.4) is 0 Å². The van der Waals surface area contributed by atoms with Crippen LogP contribution < -0.4 is 11.2 Å². The van der Waals surface area contributed by atoms with Crippen molar-refractivity contribution in [2.24, 2.45) is 5.73 Å². The van der Waals surface area contributed by atoms with E-state index in [0.717, 1.165) is 0 Å². The monoisotopic (exact) mass is 117 g/mol. The van der Waals surface area contributed by atoms with Crippen molar-refractivity contribution in [3.63, 3.8) is 0 Å². The Morgan fingerprint density at radius 1 is 1.88 bits per heavy atom. The van der Waals surface area contributed by atoms with E-state index in [1.165, 1.54) is 5.01 Å². The van der Waals surface area contributed by atoms with Crippen molar-refractivity contribution in [2.45, 2.75) is 0 Å². The van der Waals surface area contributed by atoms with Crippen LogP contribution in [0.25, 0.3) is 0 Å². The molecule has 1 amide bonds. The van der Waals surface area contributed by atoms with E-state index in [2.05, 4.69) is 5.43 Å². The minimum absolute atomic E-state index is 0.486. The van der Waals surface area contributed by atoms with Gasteiger partial charge in [0.25, 0.3) is 0 Å². The van der Waals surface area contributed by atoms with E-state index in [9.17, 15) is 4.79 Å². The summed E-state index contributed by atoms with van der Waals surface area (Å²) in [5, 5.41) is 1.38. The average Bonchev–Trinajstić information content (AvgIpc) is 1.83. The Kier molecular flexibility index (Phi) is 4.20. The minimum atomic E-state index is 0.486. The summed E-state index contributed by atoms with van der Waals surface area (Å²) >= 11 is 0. The van der Waals surface area contributed by atoms with E-state index in [1.807, 2.05) is 0 Å². The molecule has 0 saturated carbocycles. The van der Waals surface area contributed by atoms with Gasteiger partial charge in [-0.25, -0.2) is 5.43 Å². The predicted molar refractivity (Wildman–Crippen MR) is 30.9 cm³/mol. The molecule has 0 aromatic carbocycles. The number of nitrogens with zero attached hydrogens (tertiary/aromatic N) is 1. The van der Waals surface area contributed by atoms with Gasteiger partial charge in [0, 0.05) is 20.1 Å². The van der Waals surface area contributed by atoms with Gasteiger partial charge in [-0.05, 0) is 0 Å². The number of carbonyl (C=O) groups excluding carboxylic acids is 1. The predicted octanol–water partition coefficient (Wildman–Crippen LogP) is -1.46. The minimum Gasteiger partial charge on any atom is -0.329 e. The number of hydrogen-bond acceptors (Lipinski definition) is 3. The molecule has 0 unspecified atom stereocenters. The van der Waals surface area contributed by atoms with Gasteiger partial charge in [-0.15, -0.1) is 0 Å². The van der Waals surface area contributed by atoms with Crippen molar-refractivity contribution in [1.29, 1.82) is 0 Å². The number of hydrogen-bond donors (Lipinski definition) is 2. The molecule has 0 atom stereocenters. The summed E-state index contributed by atoms with van der Waals surface area (Å²) < 4.78 is 0. The molecule has 48 valence electrons. The lowest BCUT2D eigenvalue weighted by molar-refractivity contribution is -0.120. The lowest BCUT2D eigenvalue weighted by Crippen LogP contribution is -2.37. The first-order chi connectivity index (χ1) is 3.85. The second-order valence-corrected chi connectivity index (χ2v) is 1.31. The molecule has 0 saturated heterocycles. The smallest absolute Gasteiger partial charge is 0.223 e. The normalized spacial score (nSPS) is 8.75. The van der Waals surface area contributed by atoms with E-state index < -0.39 is 0 Å². The fourth-order valence-electron chi connectivity index (χ4n) is 0.356. The maximum Gasteiger partial charge on any atom is 0.223 e. The van der Waals surface area contributed by atoms with Gasteiger partial charge in [-0.1, -0.05) is 0 Å². The number of rotatable bonds is 4. The van der Waals surface area contributed by atoms with Gasteiger partial charge < -0.3 is 5.73 Å². The molecule has 0 bridgehead atoms. The molecule has 0 aliphatic rings. The summed E-state index contributed by atoms with van der Waals surface area (Å²) in [6.07, 6.45) is 0.701.